The molecule has 2 rings (SSSR count). The van der Waals surface area contributed by atoms with E-state index in [1.54, 1.807) is 0 Å². The van der Waals surface area contributed by atoms with E-state index in [0.717, 1.165) is 32.0 Å². The van der Waals surface area contributed by atoms with E-state index < -0.39 is 0 Å². The first-order valence-electron chi connectivity index (χ1n) is 6.86. The van der Waals surface area contributed by atoms with Crippen LogP contribution in [0.1, 0.15) is 50.7 Å². The molecule has 0 bridgehead atoms. The van der Waals surface area contributed by atoms with E-state index in [0.29, 0.717) is 18.3 Å². The lowest BCUT2D eigenvalue weighted by molar-refractivity contribution is 0.0971. The summed E-state index contributed by atoms with van der Waals surface area (Å²) in [6.07, 6.45) is 3.71. The van der Waals surface area contributed by atoms with Crippen molar-refractivity contribution in [2.24, 2.45) is 5.92 Å². The molecule has 1 aromatic heterocycles. The number of ether oxygens (including phenoxy) is 1. The van der Waals surface area contributed by atoms with E-state index in [4.69, 9.17) is 9.26 Å². The highest BCUT2D eigenvalue weighted by molar-refractivity contribution is 4.89. The highest BCUT2D eigenvalue weighted by atomic mass is 16.5. The van der Waals surface area contributed by atoms with Gasteiger partial charge in [0.25, 0.3) is 0 Å². The maximum absolute atomic E-state index is 5.60. The van der Waals surface area contributed by atoms with Crippen molar-refractivity contribution in [1.82, 2.24) is 15.5 Å². The van der Waals surface area contributed by atoms with Crippen molar-refractivity contribution >= 4 is 0 Å². The molecule has 1 saturated heterocycles. The van der Waals surface area contributed by atoms with Crippen LogP contribution in [0.15, 0.2) is 4.52 Å². The van der Waals surface area contributed by atoms with E-state index in [1.165, 1.54) is 12.8 Å². The van der Waals surface area contributed by atoms with Crippen LogP contribution in [0.2, 0.25) is 0 Å². The van der Waals surface area contributed by atoms with Crippen molar-refractivity contribution in [1.29, 1.82) is 0 Å². The molecule has 0 spiro atoms. The molecule has 1 aromatic rings. The third-order valence-electron chi connectivity index (χ3n) is 3.28. The van der Waals surface area contributed by atoms with Crippen LogP contribution in [0.3, 0.4) is 0 Å². The Morgan fingerprint density at radius 1 is 1.50 bits per heavy atom. The summed E-state index contributed by atoms with van der Waals surface area (Å²) in [5.41, 5.74) is 0. The van der Waals surface area contributed by atoms with Crippen LogP contribution in [0, 0.1) is 5.92 Å². The topological polar surface area (TPSA) is 60.2 Å². The van der Waals surface area contributed by atoms with Crippen molar-refractivity contribution in [3.05, 3.63) is 11.7 Å². The van der Waals surface area contributed by atoms with Gasteiger partial charge in [-0.1, -0.05) is 19.0 Å². The van der Waals surface area contributed by atoms with Crippen LogP contribution < -0.4 is 5.32 Å². The molecule has 0 aromatic carbocycles. The van der Waals surface area contributed by atoms with Gasteiger partial charge in [0, 0.05) is 12.5 Å². The SMILES string of the molecule is CC(C)c1nc(COCCC2CCCNC2)no1. The molecule has 18 heavy (non-hydrogen) atoms. The zero-order valence-corrected chi connectivity index (χ0v) is 11.3. The number of hydrogen-bond donors (Lipinski definition) is 1. The van der Waals surface area contributed by atoms with Gasteiger partial charge in [-0.25, -0.2) is 0 Å². The molecule has 5 heteroatoms. The molecule has 102 valence electrons. The van der Waals surface area contributed by atoms with Crippen LogP contribution in [0.5, 0.6) is 0 Å². The van der Waals surface area contributed by atoms with E-state index in [9.17, 15) is 0 Å². The van der Waals surface area contributed by atoms with Gasteiger partial charge in [-0.2, -0.15) is 4.98 Å². The Kier molecular flexibility index (Phi) is 5.13. The first kappa shape index (κ1) is 13.5. The third-order valence-corrected chi connectivity index (χ3v) is 3.28. The molecular weight excluding hydrogens is 230 g/mol. The molecule has 5 nitrogen and oxygen atoms in total. The summed E-state index contributed by atoms with van der Waals surface area (Å²) in [5, 5.41) is 7.31. The number of piperidine rings is 1. The lowest BCUT2D eigenvalue weighted by Gasteiger charge is -2.22. The summed E-state index contributed by atoms with van der Waals surface area (Å²) in [5.74, 6) is 2.38. The number of nitrogens with zero attached hydrogens (tertiary/aromatic N) is 2. The van der Waals surface area contributed by atoms with Crippen molar-refractivity contribution in [2.45, 2.75) is 45.6 Å². The maximum Gasteiger partial charge on any atom is 0.229 e. The van der Waals surface area contributed by atoms with Crippen LogP contribution >= 0.6 is 0 Å². The number of rotatable bonds is 6. The number of aromatic nitrogens is 2. The van der Waals surface area contributed by atoms with Crippen LogP contribution in [0.4, 0.5) is 0 Å². The molecule has 1 aliphatic rings. The molecule has 0 saturated carbocycles. The summed E-state index contributed by atoms with van der Waals surface area (Å²) in [7, 11) is 0. The van der Waals surface area contributed by atoms with Gasteiger partial charge >= 0.3 is 0 Å². The van der Waals surface area contributed by atoms with E-state index in [1.807, 2.05) is 13.8 Å². The predicted molar refractivity (Wildman–Crippen MR) is 68.3 cm³/mol. The Morgan fingerprint density at radius 3 is 3.06 bits per heavy atom. The second-order valence-electron chi connectivity index (χ2n) is 5.26. The molecular formula is C13H23N3O2. The molecule has 2 heterocycles. The van der Waals surface area contributed by atoms with Gasteiger partial charge in [-0.15, -0.1) is 0 Å². The molecule has 0 aliphatic carbocycles. The Bertz CT molecular complexity index is 346. The van der Waals surface area contributed by atoms with Gasteiger partial charge in [0.15, 0.2) is 5.82 Å². The molecule has 1 unspecified atom stereocenters. The minimum absolute atomic E-state index is 0.277. The fourth-order valence-corrected chi connectivity index (χ4v) is 2.14. The lowest BCUT2D eigenvalue weighted by Crippen LogP contribution is -2.30. The highest BCUT2D eigenvalue weighted by Crippen LogP contribution is 2.14. The van der Waals surface area contributed by atoms with Gasteiger partial charge in [-0.05, 0) is 38.3 Å². The molecule has 0 amide bonds. The normalized spacial score (nSPS) is 20.5. The average molecular weight is 253 g/mol. The number of nitrogens with one attached hydrogen (secondary N) is 1. The summed E-state index contributed by atoms with van der Waals surface area (Å²) >= 11 is 0. The van der Waals surface area contributed by atoms with Gasteiger partial charge in [0.2, 0.25) is 5.89 Å². The summed E-state index contributed by atoms with van der Waals surface area (Å²) in [6, 6.07) is 0. The number of hydrogen-bond acceptors (Lipinski definition) is 5. The first-order valence-corrected chi connectivity index (χ1v) is 6.86. The monoisotopic (exact) mass is 253 g/mol. The lowest BCUT2D eigenvalue weighted by atomic mass is 9.97. The minimum Gasteiger partial charge on any atom is -0.373 e. The predicted octanol–water partition coefficient (Wildman–Crippen LogP) is 2.10. The Hall–Kier alpha value is -0.940. The first-order chi connectivity index (χ1) is 8.75. The van der Waals surface area contributed by atoms with E-state index in [2.05, 4.69) is 15.5 Å². The zero-order valence-electron chi connectivity index (χ0n) is 11.3. The van der Waals surface area contributed by atoms with Crippen LogP contribution in [0.25, 0.3) is 0 Å². The van der Waals surface area contributed by atoms with Crippen molar-refractivity contribution in [2.75, 3.05) is 19.7 Å². The Labute approximate surface area is 108 Å². The fourth-order valence-electron chi connectivity index (χ4n) is 2.14. The van der Waals surface area contributed by atoms with Crippen molar-refractivity contribution < 1.29 is 9.26 Å². The largest absolute Gasteiger partial charge is 0.373 e. The maximum atomic E-state index is 5.60. The summed E-state index contributed by atoms with van der Waals surface area (Å²) < 4.78 is 10.7. The third kappa shape index (κ3) is 4.07. The van der Waals surface area contributed by atoms with Crippen LogP contribution in [-0.2, 0) is 11.3 Å². The Balaban J connectivity index is 1.62. The van der Waals surface area contributed by atoms with Gasteiger partial charge in [0.1, 0.15) is 6.61 Å². The highest BCUT2D eigenvalue weighted by Gasteiger charge is 2.13. The molecule has 1 aliphatic heterocycles. The molecule has 0 radical (unpaired) electrons. The van der Waals surface area contributed by atoms with E-state index >= 15 is 0 Å². The van der Waals surface area contributed by atoms with Crippen molar-refractivity contribution in [3.8, 4) is 0 Å². The second-order valence-corrected chi connectivity index (χ2v) is 5.26. The Morgan fingerprint density at radius 2 is 2.39 bits per heavy atom. The van der Waals surface area contributed by atoms with Gasteiger partial charge < -0.3 is 14.6 Å². The van der Waals surface area contributed by atoms with Crippen molar-refractivity contribution in [3.63, 3.8) is 0 Å². The standard InChI is InChI=1S/C13H23N3O2/c1-10(2)13-15-12(16-18-13)9-17-7-5-11-4-3-6-14-8-11/h10-11,14H,3-9H2,1-2H3. The van der Waals surface area contributed by atoms with E-state index in [-0.39, 0.29) is 5.92 Å². The molecule has 1 fully saturated rings. The quantitative estimate of drug-likeness (QED) is 0.787. The van der Waals surface area contributed by atoms with Gasteiger partial charge in [-0.3, -0.25) is 0 Å². The summed E-state index contributed by atoms with van der Waals surface area (Å²) in [6.45, 7) is 7.60. The smallest absolute Gasteiger partial charge is 0.229 e. The summed E-state index contributed by atoms with van der Waals surface area (Å²) in [4.78, 5) is 4.28. The minimum atomic E-state index is 0.277. The van der Waals surface area contributed by atoms with Gasteiger partial charge in [0.05, 0.1) is 0 Å². The second kappa shape index (κ2) is 6.85. The fraction of sp³-hybridized carbons (Fsp3) is 0.846. The average Bonchev–Trinajstić information content (AvgIpc) is 2.85. The van der Waals surface area contributed by atoms with Crippen LogP contribution in [-0.4, -0.2) is 29.8 Å². The zero-order chi connectivity index (χ0) is 12.8. The molecule has 1 N–H and O–H groups in total. The molecule has 1 atom stereocenters.